The predicted octanol–water partition coefficient (Wildman–Crippen LogP) is 2.77. The van der Waals surface area contributed by atoms with E-state index in [4.69, 9.17) is 9.15 Å². The Bertz CT molecular complexity index is 876. The van der Waals surface area contributed by atoms with Gasteiger partial charge in [0.15, 0.2) is 17.1 Å². The van der Waals surface area contributed by atoms with Gasteiger partial charge in [-0.1, -0.05) is 38.3 Å². The van der Waals surface area contributed by atoms with Crippen LogP contribution in [0.25, 0.3) is 11.0 Å². The third-order valence-electron chi connectivity index (χ3n) is 4.38. The molecule has 0 saturated heterocycles. The quantitative estimate of drug-likeness (QED) is 0.149. The molecule has 9 nitrogen and oxygen atoms in total. The van der Waals surface area contributed by atoms with Crippen molar-refractivity contribution < 1.29 is 28.7 Å². The summed E-state index contributed by atoms with van der Waals surface area (Å²) in [5.41, 5.74) is 0.436. The molecule has 1 aromatic heterocycles. The molecule has 0 aliphatic rings. The van der Waals surface area contributed by atoms with Gasteiger partial charge in [-0.25, -0.2) is 5.06 Å². The van der Waals surface area contributed by atoms with Crippen LogP contribution in [0.5, 0.6) is 5.75 Å². The molecule has 9 heteroatoms. The zero-order chi connectivity index (χ0) is 21.2. The minimum atomic E-state index is -0.664. The summed E-state index contributed by atoms with van der Waals surface area (Å²) in [5.74, 6) is -1.21. The smallest absolute Gasteiger partial charge is 0.314 e. The number of benzene rings is 1. The topological polar surface area (TPSA) is 121 Å². The van der Waals surface area contributed by atoms with Crippen LogP contribution in [0, 0.1) is 5.92 Å². The first-order valence-corrected chi connectivity index (χ1v) is 9.34. The second-order valence-corrected chi connectivity index (χ2v) is 6.48. The van der Waals surface area contributed by atoms with Crippen molar-refractivity contribution in [2.24, 2.45) is 10.9 Å². The number of unbranched alkanes of at least 4 members (excludes halogenated alkanes) is 2. The number of methoxy groups -OCH3 is 1. The van der Waals surface area contributed by atoms with Crippen LogP contribution in [0.3, 0.4) is 0 Å². The molecular formula is C20H25N3O6. The van der Waals surface area contributed by atoms with Crippen LogP contribution in [0.2, 0.25) is 0 Å². The number of amides is 3. The molecule has 2 N–H and O–H groups in total. The first-order valence-electron chi connectivity index (χ1n) is 9.34. The molecule has 0 aliphatic carbocycles. The zero-order valence-corrected chi connectivity index (χ0v) is 16.5. The fourth-order valence-corrected chi connectivity index (χ4v) is 2.85. The molecule has 2 rings (SSSR count). The highest BCUT2D eigenvalue weighted by molar-refractivity contribution is 6.02. The maximum absolute atomic E-state index is 12.3. The Labute approximate surface area is 168 Å². The Kier molecular flexibility index (Phi) is 8.35. The molecule has 2 aromatic rings. The summed E-state index contributed by atoms with van der Waals surface area (Å²) in [5, 5.41) is 12.9. The third kappa shape index (κ3) is 6.15. The van der Waals surface area contributed by atoms with E-state index < -0.39 is 17.7 Å². The number of hydrogen-bond donors (Lipinski definition) is 2. The average Bonchev–Trinajstić information content (AvgIpc) is 3.17. The fourth-order valence-electron chi connectivity index (χ4n) is 2.85. The van der Waals surface area contributed by atoms with Crippen molar-refractivity contribution >= 4 is 35.5 Å². The lowest BCUT2D eigenvalue weighted by Gasteiger charge is -2.18. The summed E-state index contributed by atoms with van der Waals surface area (Å²) in [6.45, 7) is 1.90. The number of rotatable bonds is 11. The first-order chi connectivity index (χ1) is 14.0. The molecule has 0 saturated carbocycles. The molecule has 0 bridgehead atoms. The minimum absolute atomic E-state index is 0.0111. The van der Waals surface area contributed by atoms with Crippen LogP contribution in [0.15, 0.2) is 33.7 Å². The molecule has 0 radical (unpaired) electrons. The van der Waals surface area contributed by atoms with Gasteiger partial charge in [0.2, 0.25) is 12.3 Å². The van der Waals surface area contributed by atoms with Crippen molar-refractivity contribution in [2.75, 3.05) is 13.7 Å². The molecule has 0 unspecified atom stereocenters. The maximum atomic E-state index is 12.3. The Hall–Kier alpha value is -3.20. The van der Waals surface area contributed by atoms with Crippen molar-refractivity contribution in [1.29, 1.82) is 0 Å². The van der Waals surface area contributed by atoms with E-state index in [0.717, 1.165) is 25.6 Å². The lowest BCUT2D eigenvalue weighted by molar-refractivity contribution is -0.154. The van der Waals surface area contributed by atoms with Crippen LogP contribution < -0.4 is 10.1 Å². The monoisotopic (exact) mass is 403 g/mol. The number of fused-ring (bicyclic) bond motifs is 1. The second kappa shape index (κ2) is 11.0. The van der Waals surface area contributed by atoms with Crippen LogP contribution in [-0.2, 0) is 9.59 Å². The Morgan fingerprint density at radius 1 is 1.38 bits per heavy atom. The van der Waals surface area contributed by atoms with Crippen LogP contribution in [0.1, 0.15) is 43.2 Å². The van der Waals surface area contributed by atoms with Gasteiger partial charge in [0, 0.05) is 5.39 Å². The number of hydrogen-bond acceptors (Lipinski definition) is 6. The average molecular weight is 403 g/mol. The number of hydroxylamine groups is 2. The van der Waals surface area contributed by atoms with E-state index in [1.165, 1.54) is 7.11 Å². The number of para-hydroxylation sites is 1. The highest BCUT2D eigenvalue weighted by Gasteiger charge is 2.20. The highest BCUT2D eigenvalue weighted by Crippen LogP contribution is 2.28. The Morgan fingerprint density at radius 3 is 2.86 bits per heavy atom. The molecule has 1 heterocycles. The standard InChI is InChI=1S/C20H25N3O6/c1-3-4-5-7-15(11-23(27)13-24)19(25)21-12-22-20(26)17-10-14-8-6-9-16(28-2)18(14)29-17/h6,8-10,12-13,15,27H,3-5,7,11H2,1-2H3,(H,21,22,25,26)/t15-/m1/s1. The number of carbonyl (C=O) groups is 3. The molecular weight excluding hydrogens is 378 g/mol. The van der Waals surface area contributed by atoms with Gasteiger partial charge in [0.05, 0.1) is 25.9 Å². The zero-order valence-electron chi connectivity index (χ0n) is 16.5. The van der Waals surface area contributed by atoms with Gasteiger partial charge in [0.1, 0.15) is 0 Å². The summed E-state index contributed by atoms with van der Waals surface area (Å²) in [6, 6.07) is 6.81. The Balaban J connectivity index is 2.01. The number of ether oxygens (including phenoxy) is 1. The van der Waals surface area contributed by atoms with E-state index >= 15 is 0 Å². The van der Waals surface area contributed by atoms with Crippen molar-refractivity contribution in [3.8, 4) is 5.75 Å². The largest absolute Gasteiger partial charge is 0.493 e. The van der Waals surface area contributed by atoms with Crippen molar-refractivity contribution in [1.82, 2.24) is 10.4 Å². The van der Waals surface area contributed by atoms with Crippen LogP contribution in [0.4, 0.5) is 0 Å². The van der Waals surface area contributed by atoms with E-state index in [-0.39, 0.29) is 18.7 Å². The lowest BCUT2D eigenvalue weighted by atomic mass is 10.0. The van der Waals surface area contributed by atoms with E-state index in [9.17, 15) is 19.6 Å². The number of carbonyl (C=O) groups excluding carboxylic acids is 3. The normalized spacial score (nSPS) is 12.1. The van der Waals surface area contributed by atoms with Crippen LogP contribution in [-0.4, -0.2) is 48.5 Å². The van der Waals surface area contributed by atoms with E-state index in [2.05, 4.69) is 10.3 Å². The lowest BCUT2D eigenvalue weighted by Crippen LogP contribution is -2.37. The molecule has 1 aromatic carbocycles. The maximum Gasteiger partial charge on any atom is 0.314 e. The number of nitrogens with zero attached hydrogens (tertiary/aromatic N) is 2. The van der Waals surface area contributed by atoms with Gasteiger partial charge in [-0.2, -0.15) is 4.99 Å². The second-order valence-electron chi connectivity index (χ2n) is 6.48. The molecule has 1 atom stereocenters. The Morgan fingerprint density at radius 2 is 2.17 bits per heavy atom. The molecule has 0 aliphatic heterocycles. The molecule has 0 fully saturated rings. The summed E-state index contributed by atoms with van der Waals surface area (Å²) in [6.07, 6.45) is 4.41. The number of aliphatic imine (C=N–C) groups is 1. The summed E-state index contributed by atoms with van der Waals surface area (Å²) < 4.78 is 10.7. The van der Waals surface area contributed by atoms with Gasteiger partial charge < -0.3 is 14.5 Å². The van der Waals surface area contributed by atoms with Gasteiger partial charge in [0.25, 0.3) is 0 Å². The van der Waals surface area contributed by atoms with Gasteiger partial charge >= 0.3 is 5.91 Å². The van der Waals surface area contributed by atoms with Crippen molar-refractivity contribution in [3.05, 3.63) is 30.0 Å². The number of nitrogens with one attached hydrogen (secondary N) is 1. The van der Waals surface area contributed by atoms with Crippen molar-refractivity contribution in [3.63, 3.8) is 0 Å². The van der Waals surface area contributed by atoms with Gasteiger partial charge in [-0.05, 0) is 18.6 Å². The third-order valence-corrected chi connectivity index (χ3v) is 4.38. The van der Waals surface area contributed by atoms with E-state index in [1.54, 1.807) is 24.3 Å². The molecule has 156 valence electrons. The van der Waals surface area contributed by atoms with Gasteiger partial charge in [-0.15, -0.1) is 0 Å². The first kappa shape index (κ1) is 22.1. The number of furan rings is 1. The van der Waals surface area contributed by atoms with E-state index in [0.29, 0.717) is 28.2 Å². The predicted molar refractivity (Wildman–Crippen MR) is 106 cm³/mol. The van der Waals surface area contributed by atoms with Gasteiger partial charge in [-0.3, -0.25) is 19.6 Å². The van der Waals surface area contributed by atoms with Crippen molar-refractivity contribution in [2.45, 2.75) is 32.6 Å². The van der Waals surface area contributed by atoms with Crippen LogP contribution >= 0.6 is 0 Å². The van der Waals surface area contributed by atoms with E-state index in [1.807, 2.05) is 6.92 Å². The molecule has 29 heavy (non-hydrogen) atoms. The minimum Gasteiger partial charge on any atom is -0.493 e. The summed E-state index contributed by atoms with van der Waals surface area (Å²) in [4.78, 5) is 38.9. The summed E-state index contributed by atoms with van der Waals surface area (Å²) in [7, 11) is 1.50. The molecule has 0 spiro atoms. The summed E-state index contributed by atoms with van der Waals surface area (Å²) >= 11 is 0. The highest BCUT2D eigenvalue weighted by atomic mass is 16.5. The fraction of sp³-hybridized carbons (Fsp3) is 0.400. The molecule has 3 amide bonds. The SMILES string of the molecule is CCCCC[C@H](CN(O)C=O)C(=O)NC=NC(=O)c1cc2cccc(OC)c2o1.